The Kier molecular flexibility index (Phi) is 3.04. The highest BCUT2D eigenvalue weighted by molar-refractivity contribution is 5.88. The number of carbonyl (C=O) groups is 1. The van der Waals surface area contributed by atoms with Crippen LogP contribution < -0.4 is 5.73 Å². The molecule has 2 rings (SSSR count). The summed E-state index contributed by atoms with van der Waals surface area (Å²) in [6.07, 6.45) is 3.25. The van der Waals surface area contributed by atoms with Crippen LogP contribution in [0.3, 0.4) is 0 Å². The van der Waals surface area contributed by atoms with Gasteiger partial charge in [0.1, 0.15) is 5.82 Å². The van der Waals surface area contributed by atoms with Gasteiger partial charge in [-0.3, -0.25) is 4.98 Å². The number of nitrogen functional groups attached to an aromatic ring is 1. The minimum absolute atomic E-state index is 0.196. The molecule has 0 aliphatic carbocycles. The van der Waals surface area contributed by atoms with E-state index in [-0.39, 0.29) is 5.69 Å². The van der Waals surface area contributed by atoms with Crippen molar-refractivity contribution in [1.82, 2.24) is 14.8 Å². The minimum Gasteiger partial charge on any atom is -0.461 e. The van der Waals surface area contributed by atoms with Gasteiger partial charge in [-0.25, -0.2) is 9.48 Å². The molecule has 0 spiro atoms. The molecule has 0 aliphatic heterocycles. The smallest absolute Gasteiger partial charge is 0.358 e. The van der Waals surface area contributed by atoms with Crippen LogP contribution in [0.1, 0.15) is 17.4 Å². The van der Waals surface area contributed by atoms with Gasteiger partial charge in [-0.05, 0) is 19.1 Å². The van der Waals surface area contributed by atoms with E-state index in [0.29, 0.717) is 12.4 Å². The van der Waals surface area contributed by atoms with Crippen molar-refractivity contribution in [1.29, 1.82) is 0 Å². The van der Waals surface area contributed by atoms with Gasteiger partial charge in [0.15, 0.2) is 5.69 Å². The maximum Gasteiger partial charge on any atom is 0.358 e. The molecule has 2 aromatic heterocycles. The van der Waals surface area contributed by atoms with E-state index in [4.69, 9.17) is 10.5 Å². The van der Waals surface area contributed by atoms with Crippen LogP contribution in [0.2, 0.25) is 0 Å². The third-order valence-corrected chi connectivity index (χ3v) is 2.13. The van der Waals surface area contributed by atoms with E-state index in [1.807, 2.05) is 0 Å². The molecule has 0 amide bonds. The Bertz CT molecular complexity index is 522. The number of nitrogens with two attached hydrogens (primary N) is 1. The van der Waals surface area contributed by atoms with Crippen molar-refractivity contribution in [3.8, 4) is 5.69 Å². The first-order chi connectivity index (χ1) is 8.22. The predicted molar refractivity (Wildman–Crippen MR) is 61.7 cm³/mol. The average Bonchev–Trinajstić information content (AvgIpc) is 2.73. The van der Waals surface area contributed by atoms with E-state index < -0.39 is 5.97 Å². The van der Waals surface area contributed by atoms with E-state index in [9.17, 15) is 4.79 Å². The highest BCUT2D eigenvalue weighted by atomic mass is 16.5. The van der Waals surface area contributed by atoms with Gasteiger partial charge in [-0.15, -0.1) is 0 Å². The molecule has 0 aliphatic rings. The second-order valence-electron chi connectivity index (χ2n) is 3.29. The number of hydrogen-bond donors (Lipinski definition) is 1. The third kappa shape index (κ3) is 2.25. The number of carbonyl (C=O) groups excluding carboxylic acids is 1. The van der Waals surface area contributed by atoms with Crippen LogP contribution >= 0.6 is 0 Å². The molecule has 0 fully saturated rings. The lowest BCUT2D eigenvalue weighted by atomic mass is 10.4. The van der Waals surface area contributed by atoms with Gasteiger partial charge in [0.05, 0.1) is 12.3 Å². The summed E-state index contributed by atoms with van der Waals surface area (Å²) in [4.78, 5) is 15.4. The molecule has 0 aromatic carbocycles. The number of rotatable bonds is 3. The molecule has 0 radical (unpaired) electrons. The van der Waals surface area contributed by atoms with Crippen LogP contribution in [0.25, 0.3) is 5.69 Å². The van der Waals surface area contributed by atoms with E-state index in [0.717, 1.165) is 5.69 Å². The van der Waals surface area contributed by atoms with Crippen molar-refractivity contribution in [2.75, 3.05) is 12.3 Å². The number of nitrogens with zero attached hydrogens (tertiary/aromatic N) is 3. The number of pyridine rings is 1. The van der Waals surface area contributed by atoms with Crippen molar-refractivity contribution in [3.63, 3.8) is 0 Å². The minimum atomic E-state index is -0.480. The summed E-state index contributed by atoms with van der Waals surface area (Å²) in [5.74, 6) is -0.105. The molecule has 0 saturated carbocycles. The maximum atomic E-state index is 11.5. The largest absolute Gasteiger partial charge is 0.461 e. The van der Waals surface area contributed by atoms with Crippen molar-refractivity contribution < 1.29 is 9.53 Å². The van der Waals surface area contributed by atoms with Crippen molar-refractivity contribution in [2.45, 2.75) is 6.92 Å². The van der Waals surface area contributed by atoms with Crippen LogP contribution in [0.5, 0.6) is 0 Å². The fourth-order valence-corrected chi connectivity index (χ4v) is 1.39. The summed E-state index contributed by atoms with van der Waals surface area (Å²) < 4.78 is 6.32. The number of ether oxygens (including phenoxy) is 1. The number of hydrogen-bond acceptors (Lipinski definition) is 5. The van der Waals surface area contributed by atoms with Gasteiger partial charge in [0.25, 0.3) is 0 Å². The Balaban J connectivity index is 2.35. The van der Waals surface area contributed by atoms with Gasteiger partial charge >= 0.3 is 5.97 Å². The molecule has 6 nitrogen and oxygen atoms in total. The first-order valence-corrected chi connectivity index (χ1v) is 5.15. The molecule has 0 bridgehead atoms. The zero-order valence-electron chi connectivity index (χ0n) is 9.33. The van der Waals surface area contributed by atoms with E-state index >= 15 is 0 Å². The molecular formula is C11H12N4O2. The highest BCUT2D eigenvalue weighted by Crippen LogP contribution is 2.14. The monoisotopic (exact) mass is 232 g/mol. The maximum absolute atomic E-state index is 11.5. The van der Waals surface area contributed by atoms with Gasteiger partial charge in [-0.1, -0.05) is 0 Å². The Morgan fingerprint density at radius 1 is 1.47 bits per heavy atom. The van der Waals surface area contributed by atoms with Crippen LogP contribution in [0.4, 0.5) is 5.82 Å². The summed E-state index contributed by atoms with van der Waals surface area (Å²) in [5, 5.41) is 4.09. The van der Waals surface area contributed by atoms with E-state index in [1.54, 1.807) is 31.5 Å². The standard InChI is InChI=1S/C11H12N4O2/c1-2-17-11(16)9-7-10(12)15(14-9)8-3-5-13-6-4-8/h3-7H,2,12H2,1H3. The normalized spacial score (nSPS) is 10.2. The Morgan fingerprint density at radius 3 is 2.82 bits per heavy atom. The molecular weight excluding hydrogens is 220 g/mol. The van der Waals surface area contributed by atoms with Crippen molar-refractivity contribution in [3.05, 3.63) is 36.3 Å². The van der Waals surface area contributed by atoms with Gasteiger partial charge in [-0.2, -0.15) is 5.10 Å². The third-order valence-electron chi connectivity index (χ3n) is 2.13. The van der Waals surface area contributed by atoms with Gasteiger partial charge in [0.2, 0.25) is 0 Å². The number of anilines is 1. The Morgan fingerprint density at radius 2 is 2.18 bits per heavy atom. The molecule has 0 atom stereocenters. The molecule has 2 aromatic rings. The van der Waals surface area contributed by atoms with Gasteiger partial charge in [0, 0.05) is 18.5 Å². The SMILES string of the molecule is CCOC(=O)c1cc(N)n(-c2ccncc2)n1. The fourth-order valence-electron chi connectivity index (χ4n) is 1.39. The number of aromatic nitrogens is 3. The molecule has 2 heterocycles. The molecule has 17 heavy (non-hydrogen) atoms. The first-order valence-electron chi connectivity index (χ1n) is 5.15. The lowest BCUT2D eigenvalue weighted by molar-refractivity contribution is 0.0519. The molecule has 88 valence electrons. The van der Waals surface area contributed by atoms with Crippen LogP contribution in [0.15, 0.2) is 30.6 Å². The summed E-state index contributed by atoms with van der Waals surface area (Å²) in [7, 11) is 0. The molecule has 0 unspecified atom stereocenters. The van der Waals surface area contributed by atoms with Crippen molar-refractivity contribution in [2.24, 2.45) is 0 Å². The first kappa shape index (κ1) is 11.1. The lowest BCUT2D eigenvalue weighted by Gasteiger charge is -2.02. The van der Waals surface area contributed by atoms with E-state index in [2.05, 4.69) is 10.1 Å². The van der Waals surface area contributed by atoms with E-state index in [1.165, 1.54) is 10.7 Å². The quantitative estimate of drug-likeness (QED) is 0.799. The summed E-state index contributed by atoms with van der Waals surface area (Å²) >= 11 is 0. The summed E-state index contributed by atoms with van der Waals surface area (Å²) in [6, 6.07) is 4.98. The molecule has 2 N–H and O–H groups in total. The number of esters is 1. The van der Waals surface area contributed by atoms with Crippen LogP contribution in [-0.4, -0.2) is 27.3 Å². The van der Waals surface area contributed by atoms with Crippen LogP contribution in [0, 0.1) is 0 Å². The second-order valence-corrected chi connectivity index (χ2v) is 3.29. The summed E-state index contributed by atoms with van der Waals surface area (Å²) in [5.41, 5.74) is 6.72. The lowest BCUT2D eigenvalue weighted by Crippen LogP contribution is -2.07. The Labute approximate surface area is 98.0 Å². The average molecular weight is 232 g/mol. The highest BCUT2D eigenvalue weighted by Gasteiger charge is 2.14. The topological polar surface area (TPSA) is 83.0 Å². The summed E-state index contributed by atoms with van der Waals surface area (Å²) in [6.45, 7) is 2.04. The Hall–Kier alpha value is -2.37. The fraction of sp³-hybridized carbons (Fsp3) is 0.182. The van der Waals surface area contributed by atoms with Crippen LogP contribution in [-0.2, 0) is 4.74 Å². The second kappa shape index (κ2) is 4.65. The zero-order chi connectivity index (χ0) is 12.3. The van der Waals surface area contributed by atoms with Crippen molar-refractivity contribution >= 4 is 11.8 Å². The predicted octanol–water partition coefficient (Wildman–Crippen LogP) is 1.03. The molecule has 0 saturated heterocycles. The molecule has 6 heteroatoms. The zero-order valence-corrected chi connectivity index (χ0v) is 9.33. The van der Waals surface area contributed by atoms with Gasteiger partial charge < -0.3 is 10.5 Å².